The lowest BCUT2D eigenvalue weighted by atomic mass is 9.88. The van der Waals surface area contributed by atoms with Crippen molar-refractivity contribution in [2.24, 2.45) is 5.92 Å². The predicted molar refractivity (Wildman–Crippen MR) is 152 cm³/mol. The Morgan fingerprint density at radius 2 is 1.79 bits per heavy atom. The van der Waals surface area contributed by atoms with Gasteiger partial charge in [0.25, 0.3) is 0 Å². The Labute approximate surface area is 250 Å². The molecule has 8 nitrogen and oxygen atoms in total. The quantitative estimate of drug-likeness (QED) is 0.209. The fraction of sp³-hybridized carbons (Fsp3) is 0.531. The van der Waals surface area contributed by atoms with Gasteiger partial charge in [-0.2, -0.15) is 18.4 Å². The number of carbonyl (C=O) groups excluding carboxylic acids is 2. The standard InChI is InChI=1S/C32H39F3N2O6/c1-4-40-13-14-41-29(38)12-10-22-9-11-26(19-36)28(17-22)42-21-27(43-30(39)32(33,34)35)20-37-31(2,3)18-23-15-24-7-5-6-8-25(24)16-23/h5-9,11,17,23,27,37H,4,10,12-16,18,20-21H2,1-3H3/t27-/m1/s1. The van der Waals surface area contributed by atoms with E-state index >= 15 is 0 Å². The van der Waals surface area contributed by atoms with Gasteiger partial charge in [-0.05, 0) is 81.2 Å². The summed E-state index contributed by atoms with van der Waals surface area (Å²) in [7, 11) is 0. The van der Waals surface area contributed by atoms with Gasteiger partial charge >= 0.3 is 18.1 Å². The second-order valence-electron chi connectivity index (χ2n) is 11.2. The Balaban J connectivity index is 1.61. The molecular weight excluding hydrogens is 565 g/mol. The molecule has 1 aliphatic carbocycles. The molecule has 1 aliphatic rings. The largest absolute Gasteiger partial charge is 0.490 e. The number of alkyl halides is 3. The lowest BCUT2D eigenvalue weighted by Gasteiger charge is -2.31. The van der Waals surface area contributed by atoms with E-state index < -0.39 is 36.4 Å². The van der Waals surface area contributed by atoms with Crippen LogP contribution in [0.25, 0.3) is 0 Å². The van der Waals surface area contributed by atoms with Crippen LogP contribution in [0.1, 0.15) is 55.9 Å². The number of hydrogen-bond donors (Lipinski definition) is 1. The van der Waals surface area contributed by atoms with Crippen LogP contribution in [0, 0.1) is 17.2 Å². The highest BCUT2D eigenvalue weighted by molar-refractivity contribution is 5.75. The monoisotopic (exact) mass is 604 g/mol. The number of ether oxygens (including phenoxy) is 4. The summed E-state index contributed by atoms with van der Waals surface area (Å²) >= 11 is 0. The number of aryl methyl sites for hydroxylation is 1. The van der Waals surface area contributed by atoms with E-state index in [1.165, 1.54) is 17.2 Å². The number of carbonyl (C=O) groups is 2. The van der Waals surface area contributed by atoms with Crippen LogP contribution in [0.4, 0.5) is 13.2 Å². The van der Waals surface area contributed by atoms with Crippen molar-refractivity contribution in [1.82, 2.24) is 5.32 Å². The van der Waals surface area contributed by atoms with Crippen molar-refractivity contribution >= 4 is 11.9 Å². The van der Waals surface area contributed by atoms with Crippen LogP contribution in [0.2, 0.25) is 0 Å². The van der Waals surface area contributed by atoms with Gasteiger partial charge in [-0.15, -0.1) is 0 Å². The van der Waals surface area contributed by atoms with Crippen LogP contribution in [0.5, 0.6) is 5.75 Å². The molecule has 2 aromatic rings. The first-order valence-corrected chi connectivity index (χ1v) is 14.4. The number of esters is 2. The maximum absolute atomic E-state index is 13.1. The van der Waals surface area contributed by atoms with Gasteiger partial charge in [0.2, 0.25) is 0 Å². The minimum atomic E-state index is -5.17. The summed E-state index contributed by atoms with van der Waals surface area (Å²) in [6.07, 6.45) is -3.47. The minimum Gasteiger partial charge on any atom is -0.488 e. The molecule has 2 aromatic carbocycles. The van der Waals surface area contributed by atoms with Crippen LogP contribution in [0.3, 0.4) is 0 Å². The summed E-state index contributed by atoms with van der Waals surface area (Å²) in [6.45, 7) is 6.20. The topological polar surface area (TPSA) is 107 Å². The number of nitrogens with one attached hydrogen (secondary N) is 1. The second-order valence-corrected chi connectivity index (χ2v) is 11.2. The lowest BCUT2D eigenvalue weighted by molar-refractivity contribution is -0.205. The number of rotatable bonds is 16. The van der Waals surface area contributed by atoms with E-state index in [1.54, 1.807) is 12.1 Å². The molecule has 0 aromatic heterocycles. The molecule has 1 N–H and O–H groups in total. The third-order valence-electron chi connectivity index (χ3n) is 7.15. The summed E-state index contributed by atoms with van der Waals surface area (Å²) in [6, 6.07) is 14.9. The second kappa shape index (κ2) is 15.7. The van der Waals surface area contributed by atoms with Gasteiger partial charge < -0.3 is 24.3 Å². The van der Waals surface area contributed by atoms with Crippen LogP contribution in [0.15, 0.2) is 42.5 Å². The number of nitriles is 1. The van der Waals surface area contributed by atoms with Gasteiger partial charge in [-0.3, -0.25) is 4.79 Å². The first-order valence-electron chi connectivity index (χ1n) is 14.4. The van der Waals surface area contributed by atoms with E-state index in [4.69, 9.17) is 18.9 Å². The molecule has 0 radical (unpaired) electrons. The molecule has 0 saturated carbocycles. The molecule has 0 heterocycles. The number of fused-ring (bicyclic) bond motifs is 1. The number of hydrogen-bond acceptors (Lipinski definition) is 8. The zero-order chi connectivity index (χ0) is 31.5. The molecule has 11 heteroatoms. The van der Waals surface area contributed by atoms with Crippen molar-refractivity contribution in [2.75, 3.05) is 33.0 Å². The van der Waals surface area contributed by atoms with Gasteiger partial charge in [0, 0.05) is 25.1 Å². The van der Waals surface area contributed by atoms with Crippen LogP contribution in [-0.4, -0.2) is 62.7 Å². The summed E-state index contributed by atoms with van der Waals surface area (Å²) in [5.41, 5.74) is 2.96. The highest BCUT2D eigenvalue weighted by Gasteiger charge is 2.42. The summed E-state index contributed by atoms with van der Waals surface area (Å²) in [4.78, 5) is 23.7. The van der Waals surface area contributed by atoms with Crippen LogP contribution < -0.4 is 10.1 Å². The zero-order valence-electron chi connectivity index (χ0n) is 24.8. The van der Waals surface area contributed by atoms with E-state index in [0.717, 1.165) is 19.3 Å². The first kappa shape index (κ1) is 33.9. The van der Waals surface area contributed by atoms with Crippen molar-refractivity contribution < 1.29 is 41.7 Å². The Kier molecular flexibility index (Phi) is 12.4. The summed E-state index contributed by atoms with van der Waals surface area (Å²) in [5.74, 6) is -2.25. The van der Waals surface area contributed by atoms with Crippen molar-refractivity contribution in [3.05, 3.63) is 64.7 Å². The van der Waals surface area contributed by atoms with Crippen LogP contribution in [-0.2, 0) is 43.1 Å². The fourth-order valence-corrected chi connectivity index (χ4v) is 5.13. The van der Waals surface area contributed by atoms with Crippen molar-refractivity contribution in [3.63, 3.8) is 0 Å². The third-order valence-corrected chi connectivity index (χ3v) is 7.15. The zero-order valence-corrected chi connectivity index (χ0v) is 24.8. The Morgan fingerprint density at radius 3 is 2.42 bits per heavy atom. The molecule has 0 saturated heterocycles. The highest BCUT2D eigenvalue weighted by atomic mass is 19.4. The molecule has 0 unspecified atom stereocenters. The van der Waals surface area contributed by atoms with Crippen molar-refractivity contribution in [2.45, 2.75) is 70.7 Å². The van der Waals surface area contributed by atoms with Gasteiger partial charge in [0.1, 0.15) is 31.1 Å². The van der Waals surface area contributed by atoms with Gasteiger partial charge in [-0.1, -0.05) is 30.3 Å². The highest BCUT2D eigenvalue weighted by Crippen LogP contribution is 2.32. The van der Waals surface area contributed by atoms with E-state index in [-0.39, 0.29) is 30.9 Å². The first-order chi connectivity index (χ1) is 20.4. The van der Waals surface area contributed by atoms with Crippen LogP contribution >= 0.6 is 0 Å². The van der Waals surface area contributed by atoms with Crippen molar-refractivity contribution in [3.8, 4) is 11.8 Å². The van der Waals surface area contributed by atoms with Gasteiger partial charge in [0.05, 0.1) is 12.2 Å². The summed E-state index contributed by atoms with van der Waals surface area (Å²) in [5, 5.41) is 12.8. The Hall–Kier alpha value is -3.62. The molecule has 43 heavy (non-hydrogen) atoms. The lowest BCUT2D eigenvalue weighted by Crippen LogP contribution is -2.48. The van der Waals surface area contributed by atoms with E-state index in [2.05, 4.69) is 17.4 Å². The SMILES string of the molecule is CCOCCOC(=O)CCc1ccc(C#N)c(OC[C@@H](CNC(C)(C)CC2Cc3ccccc3C2)OC(=O)C(F)(F)F)c1. The molecule has 0 aliphatic heterocycles. The Morgan fingerprint density at radius 1 is 1.09 bits per heavy atom. The Bertz CT molecular complexity index is 1250. The maximum Gasteiger partial charge on any atom is 0.490 e. The molecule has 1 atom stereocenters. The van der Waals surface area contributed by atoms with Gasteiger partial charge in [0.15, 0.2) is 0 Å². The normalized spacial score (nSPS) is 14.1. The molecular formula is C32H39F3N2O6. The molecule has 0 amide bonds. The van der Waals surface area contributed by atoms with Crippen molar-refractivity contribution in [1.29, 1.82) is 5.26 Å². The molecule has 0 bridgehead atoms. The molecule has 0 fully saturated rings. The average molecular weight is 605 g/mol. The average Bonchev–Trinajstić information content (AvgIpc) is 3.36. The molecule has 3 rings (SSSR count). The van der Waals surface area contributed by atoms with E-state index in [0.29, 0.717) is 31.1 Å². The third kappa shape index (κ3) is 11.2. The maximum atomic E-state index is 13.1. The smallest absolute Gasteiger partial charge is 0.488 e. The minimum absolute atomic E-state index is 0.0777. The molecule has 234 valence electrons. The van der Waals surface area contributed by atoms with E-state index in [1.807, 2.05) is 39.0 Å². The summed E-state index contributed by atoms with van der Waals surface area (Å²) < 4.78 is 59.9. The fourth-order valence-electron chi connectivity index (χ4n) is 5.13. The number of halogens is 3. The molecule has 0 spiro atoms. The van der Waals surface area contributed by atoms with E-state index in [9.17, 15) is 28.0 Å². The number of nitrogens with zero attached hydrogens (tertiary/aromatic N) is 1. The van der Waals surface area contributed by atoms with Gasteiger partial charge in [-0.25, -0.2) is 4.79 Å². The number of benzene rings is 2. The predicted octanol–water partition coefficient (Wildman–Crippen LogP) is 5.10.